The predicted octanol–water partition coefficient (Wildman–Crippen LogP) is 5.61. The molecule has 2 N–H and O–H groups in total. The normalized spacial score (nSPS) is 16.4. The number of halogens is 13. The third-order valence-electron chi connectivity index (χ3n) is 3.82. The monoisotopic (exact) mass is 572 g/mol. The average molecular weight is 573 g/mol. The van der Waals surface area contributed by atoms with Crippen molar-refractivity contribution in [2.75, 3.05) is 0 Å². The summed E-state index contributed by atoms with van der Waals surface area (Å²) in [5, 5.41) is 0. The molecular formula is C13H21F13O4Si3. The number of hydrogen-bond donors (Lipinski definition) is 2. The summed E-state index contributed by atoms with van der Waals surface area (Å²) in [5.41, 5.74) is 0. The molecule has 0 atom stereocenters. The summed E-state index contributed by atoms with van der Waals surface area (Å²) in [7, 11) is -11.8. The lowest BCUT2D eigenvalue weighted by molar-refractivity contribution is -0.440. The molecule has 0 saturated heterocycles. The summed E-state index contributed by atoms with van der Waals surface area (Å²) in [6.45, 7) is 4.98. The summed E-state index contributed by atoms with van der Waals surface area (Å²) in [4.78, 5) is 19.6. The van der Waals surface area contributed by atoms with Crippen molar-refractivity contribution < 1.29 is 74.9 Å². The van der Waals surface area contributed by atoms with E-state index in [0.717, 1.165) is 32.7 Å². The molecule has 0 aromatic rings. The lowest BCUT2D eigenvalue weighted by Crippen LogP contribution is -2.70. The maximum Gasteiger partial charge on any atom is 0.460 e. The first-order valence-electron chi connectivity index (χ1n) is 8.68. The molecule has 0 bridgehead atoms. The van der Waals surface area contributed by atoms with E-state index in [1.807, 2.05) is 0 Å². The van der Waals surface area contributed by atoms with Crippen LogP contribution in [0.5, 0.6) is 0 Å². The van der Waals surface area contributed by atoms with E-state index in [4.69, 9.17) is 8.23 Å². The fourth-order valence-electron chi connectivity index (χ4n) is 2.52. The fourth-order valence-corrected chi connectivity index (χ4v) is 13.1. The molecule has 0 rings (SSSR count). The zero-order valence-electron chi connectivity index (χ0n) is 17.5. The number of rotatable bonds is 11. The predicted molar refractivity (Wildman–Crippen MR) is 93.4 cm³/mol. The van der Waals surface area contributed by atoms with Crippen molar-refractivity contribution in [3.8, 4) is 0 Å². The summed E-state index contributed by atoms with van der Waals surface area (Å²) in [6, 6.07) is -1.47. The van der Waals surface area contributed by atoms with Gasteiger partial charge in [0.1, 0.15) is 0 Å². The maximum atomic E-state index is 14.0. The van der Waals surface area contributed by atoms with Gasteiger partial charge in [0.05, 0.1) is 0 Å². The van der Waals surface area contributed by atoms with Crippen molar-refractivity contribution in [3.05, 3.63) is 0 Å². The van der Waals surface area contributed by atoms with Crippen molar-refractivity contribution in [2.45, 2.75) is 81.0 Å². The second-order valence-electron chi connectivity index (χ2n) is 8.23. The van der Waals surface area contributed by atoms with Crippen LogP contribution in [0.2, 0.25) is 38.8 Å². The van der Waals surface area contributed by atoms with Gasteiger partial charge in [-0.1, -0.05) is 0 Å². The minimum atomic E-state index is -7.97. The molecule has 0 spiro atoms. The molecule has 200 valence electrons. The van der Waals surface area contributed by atoms with Crippen LogP contribution in [0.15, 0.2) is 0 Å². The Morgan fingerprint density at radius 2 is 0.848 bits per heavy atom. The van der Waals surface area contributed by atoms with Crippen molar-refractivity contribution in [3.63, 3.8) is 0 Å². The molecule has 0 aromatic heterocycles. The first kappa shape index (κ1) is 32.6. The van der Waals surface area contributed by atoms with Crippen LogP contribution >= 0.6 is 0 Å². The molecule has 4 nitrogen and oxygen atoms in total. The Hall–Kier alpha value is -0.419. The van der Waals surface area contributed by atoms with Crippen LogP contribution < -0.4 is 0 Å². The molecule has 0 radical (unpaired) electrons. The van der Waals surface area contributed by atoms with Crippen LogP contribution in [0.3, 0.4) is 0 Å². The van der Waals surface area contributed by atoms with Crippen molar-refractivity contribution in [1.82, 2.24) is 0 Å². The largest absolute Gasteiger partial charge is 0.460 e. The van der Waals surface area contributed by atoms with Crippen LogP contribution in [0.1, 0.15) is 6.42 Å². The lowest BCUT2D eigenvalue weighted by Gasteiger charge is -2.41. The Bertz CT molecular complexity index is 670. The van der Waals surface area contributed by atoms with E-state index in [9.17, 15) is 66.7 Å². The van der Waals surface area contributed by atoms with Gasteiger partial charge >= 0.3 is 61.5 Å². The molecule has 0 unspecified atom stereocenters. The van der Waals surface area contributed by atoms with Gasteiger partial charge in [-0.2, -0.15) is 57.1 Å². The Labute approximate surface area is 182 Å². The smallest absolute Gasteiger partial charge is 0.415 e. The standard InChI is InChI=1S/C13H21F13O4Si3/c1-31(2,27)29-33(5,30-32(3,4)28)7-6-8(14,15)9(16,17)10(18,19)11(20,21)12(22,23)13(24,25)26/h27-28H,6-7H2,1-5H3. The topological polar surface area (TPSA) is 58.9 Å². The van der Waals surface area contributed by atoms with E-state index < -0.39 is 73.9 Å². The molecule has 0 amide bonds. The van der Waals surface area contributed by atoms with Gasteiger partial charge in [-0.3, -0.25) is 0 Å². The van der Waals surface area contributed by atoms with Gasteiger partial charge in [-0.15, -0.1) is 0 Å². The van der Waals surface area contributed by atoms with Gasteiger partial charge in [0, 0.05) is 6.42 Å². The first-order valence-corrected chi connectivity index (χ1v) is 16.9. The van der Waals surface area contributed by atoms with E-state index in [2.05, 4.69) is 0 Å². The van der Waals surface area contributed by atoms with Gasteiger partial charge < -0.3 is 17.8 Å². The van der Waals surface area contributed by atoms with E-state index in [1.54, 1.807) is 0 Å². The summed E-state index contributed by atoms with van der Waals surface area (Å²) in [5.74, 6) is -37.3. The van der Waals surface area contributed by atoms with Gasteiger partial charge in [-0.05, 0) is 38.8 Å². The summed E-state index contributed by atoms with van der Waals surface area (Å²) >= 11 is 0. The maximum absolute atomic E-state index is 14.0. The van der Waals surface area contributed by atoms with Crippen LogP contribution in [0, 0.1) is 0 Å². The highest BCUT2D eigenvalue weighted by Gasteiger charge is 2.90. The van der Waals surface area contributed by atoms with Crippen LogP contribution in [0.4, 0.5) is 57.1 Å². The quantitative estimate of drug-likeness (QED) is 0.250. The molecule has 20 heteroatoms. The zero-order valence-corrected chi connectivity index (χ0v) is 20.5. The van der Waals surface area contributed by atoms with E-state index in [1.165, 1.54) is 0 Å². The molecule has 0 fully saturated rings. The highest BCUT2D eigenvalue weighted by Crippen LogP contribution is 2.61. The van der Waals surface area contributed by atoms with Crippen molar-refractivity contribution >= 4 is 25.7 Å². The van der Waals surface area contributed by atoms with E-state index >= 15 is 0 Å². The lowest BCUT2D eigenvalue weighted by atomic mass is 9.93. The van der Waals surface area contributed by atoms with Gasteiger partial charge in [0.25, 0.3) is 0 Å². The minimum Gasteiger partial charge on any atom is -0.415 e. The van der Waals surface area contributed by atoms with Gasteiger partial charge in [0.15, 0.2) is 0 Å². The summed E-state index contributed by atoms with van der Waals surface area (Å²) < 4.78 is 182. The molecule has 0 aliphatic carbocycles. The van der Waals surface area contributed by atoms with Gasteiger partial charge in [-0.25, -0.2) is 0 Å². The van der Waals surface area contributed by atoms with E-state index in [0.29, 0.717) is 0 Å². The highest BCUT2D eigenvalue weighted by atomic mass is 28.5. The molecule has 0 heterocycles. The SMILES string of the molecule is C[Si](C)(O)O[Si](C)(CCC(F)(F)C(F)(F)C(F)(F)C(F)(F)C(F)(F)C(F)(F)F)O[Si](C)(C)O. The molecule has 0 saturated carbocycles. The van der Waals surface area contributed by atoms with Crippen LogP contribution in [0.25, 0.3) is 0 Å². The molecule has 0 aliphatic heterocycles. The van der Waals surface area contributed by atoms with Crippen molar-refractivity contribution in [1.29, 1.82) is 0 Å². The minimum absolute atomic E-state index is 0.835. The Balaban J connectivity index is 6.21. The average Bonchev–Trinajstić information content (AvgIpc) is 2.47. The van der Waals surface area contributed by atoms with Gasteiger partial charge in [0.2, 0.25) is 0 Å². The Morgan fingerprint density at radius 1 is 0.545 bits per heavy atom. The Morgan fingerprint density at radius 3 is 1.12 bits per heavy atom. The van der Waals surface area contributed by atoms with Crippen LogP contribution in [-0.4, -0.2) is 71.1 Å². The Kier molecular flexibility index (Phi) is 8.79. The second-order valence-corrected chi connectivity index (χ2v) is 18.4. The third-order valence-corrected chi connectivity index (χ3v) is 12.4. The van der Waals surface area contributed by atoms with Crippen LogP contribution in [-0.2, 0) is 8.23 Å². The second kappa shape index (κ2) is 8.91. The first-order chi connectivity index (χ1) is 13.9. The zero-order chi connectivity index (χ0) is 27.3. The van der Waals surface area contributed by atoms with Crippen molar-refractivity contribution in [2.24, 2.45) is 0 Å². The molecule has 0 aromatic carbocycles. The third kappa shape index (κ3) is 6.84. The van der Waals surface area contributed by atoms with E-state index in [-0.39, 0.29) is 0 Å². The number of alkyl halides is 13. The molecule has 33 heavy (non-hydrogen) atoms. The summed E-state index contributed by atoms with van der Waals surface area (Å²) in [6.07, 6.45) is -9.99. The fraction of sp³-hybridized carbons (Fsp3) is 1.00. The molecule has 0 aliphatic rings. The molecular weight excluding hydrogens is 551 g/mol. The number of hydrogen-bond acceptors (Lipinski definition) is 4. The highest BCUT2D eigenvalue weighted by molar-refractivity contribution is 6.84.